The second-order valence-electron chi connectivity index (χ2n) is 6.58. The molecule has 0 spiro atoms. The zero-order valence-corrected chi connectivity index (χ0v) is 16.9. The fraction of sp³-hybridized carbons (Fsp3) is 0.227. The number of rotatable bonds is 7. The molecule has 7 nitrogen and oxygen atoms in total. The first kappa shape index (κ1) is 20.1. The van der Waals surface area contributed by atoms with E-state index in [2.05, 4.69) is 20.6 Å². The number of amides is 1. The molecule has 2 aromatic carbocycles. The molecular weight excluding hydrogens is 368 g/mol. The minimum atomic E-state index is -0.262. The number of aryl methyl sites for hydroxylation is 2. The fourth-order valence-corrected chi connectivity index (χ4v) is 2.86. The molecule has 0 aliphatic carbocycles. The van der Waals surface area contributed by atoms with Gasteiger partial charge in [-0.1, -0.05) is 29.8 Å². The summed E-state index contributed by atoms with van der Waals surface area (Å²) in [4.78, 5) is 21.3. The predicted octanol–water partition coefficient (Wildman–Crippen LogP) is 3.78. The summed E-state index contributed by atoms with van der Waals surface area (Å²) in [6.45, 7) is 4.26. The third kappa shape index (κ3) is 5.22. The van der Waals surface area contributed by atoms with Crippen LogP contribution in [-0.4, -0.2) is 30.1 Å². The van der Waals surface area contributed by atoms with E-state index in [4.69, 9.17) is 9.47 Å². The van der Waals surface area contributed by atoms with Crippen molar-refractivity contribution < 1.29 is 14.3 Å². The van der Waals surface area contributed by atoms with E-state index in [0.29, 0.717) is 41.1 Å². The molecule has 3 aromatic rings. The number of methoxy groups -OCH3 is 2. The average Bonchev–Trinajstić information content (AvgIpc) is 2.72. The van der Waals surface area contributed by atoms with Crippen molar-refractivity contribution in [2.75, 3.05) is 19.5 Å². The number of benzene rings is 2. The molecule has 1 heterocycles. The summed E-state index contributed by atoms with van der Waals surface area (Å²) in [5.41, 5.74) is 3.82. The number of aromatic nitrogens is 2. The summed E-state index contributed by atoms with van der Waals surface area (Å²) < 4.78 is 10.6. The van der Waals surface area contributed by atoms with E-state index in [1.807, 2.05) is 38.1 Å². The van der Waals surface area contributed by atoms with Crippen molar-refractivity contribution in [1.82, 2.24) is 15.3 Å². The first-order valence-electron chi connectivity index (χ1n) is 9.17. The van der Waals surface area contributed by atoms with Crippen LogP contribution in [-0.2, 0) is 6.54 Å². The van der Waals surface area contributed by atoms with E-state index in [-0.39, 0.29) is 5.91 Å². The molecule has 0 bridgehead atoms. The molecule has 0 saturated heterocycles. The number of hydrogen-bond donors (Lipinski definition) is 2. The van der Waals surface area contributed by atoms with E-state index in [1.54, 1.807) is 38.5 Å². The maximum absolute atomic E-state index is 12.6. The predicted molar refractivity (Wildman–Crippen MR) is 112 cm³/mol. The minimum absolute atomic E-state index is 0.262. The Balaban J connectivity index is 1.76. The van der Waals surface area contributed by atoms with Crippen molar-refractivity contribution >= 4 is 17.5 Å². The van der Waals surface area contributed by atoms with Gasteiger partial charge in [-0.2, -0.15) is 0 Å². The van der Waals surface area contributed by atoms with E-state index < -0.39 is 0 Å². The SMILES string of the molecule is COc1ccc(Nc2nc(C)cc(C(=O)NCc3cccc(C)c3)n2)c(OC)c1. The maximum atomic E-state index is 12.6. The Bertz CT molecular complexity index is 1020. The van der Waals surface area contributed by atoms with Gasteiger partial charge in [-0.3, -0.25) is 4.79 Å². The molecule has 0 aliphatic rings. The van der Waals surface area contributed by atoms with Crippen LogP contribution in [0.3, 0.4) is 0 Å². The molecule has 1 amide bonds. The molecule has 150 valence electrons. The van der Waals surface area contributed by atoms with Gasteiger partial charge in [0, 0.05) is 18.3 Å². The van der Waals surface area contributed by atoms with Gasteiger partial charge in [0.05, 0.1) is 19.9 Å². The Morgan fingerprint density at radius 3 is 2.55 bits per heavy atom. The summed E-state index contributed by atoms with van der Waals surface area (Å²) >= 11 is 0. The number of ether oxygens (including phenoxy) is 2. The largest absolute Gasteiger partial charge is 0.497 e. The molecule has 0 radical (unpaired) electrons. The standard InChI is InChI=1S/C22H24N4O3/c1-14-6-5-7-16(10-14)13-23-21(27)19-11-15(2)24-22(26-19)25-18-9-8-17(28-3)12-20(18)29-4/h5-12H,13H2,1-4H3,(H,23,27)(H,24,25,26). The lowest BCUT2D eigenvalue weighted by molar-refractivity contribution is 0.0945. The van der Waals surface area contributed by atoms with Crippen molar-refractivity contribution in [3.05, 3.63) is 71.0 Å². The van der Waals surface area contributed by atoms with Crippen LogP contribution in [0.1, 0.15) is 27.3 Å². The smallest absolute Gasteiger partial charge is 0.270 e. The first-order chi connectivity index (χ1) is 14.0. The van der Waals surface area contributed by atoms with Crippen molar-refractivity contribution in [3.8, 4) is 11.5 Å². The topological polar surface area (TPSA) is 85.4 Å². The van der Waals surface area contributed by atoms with Gasteiger partial charge in [0.2, 0.25) is 5.95 Å². The molecule has 2 N–H and O–H groups in total. The Morgan fingerprint density at radius 2 is 1.83 bits per heavy atom. The average molecular weight is 392 g/mol. The normalized spacial score (nSPS) is 10.3. The molecule has 0 aliphatic heterocycles. The molecule has 29 heavy (non-hydrogen) atoms. The third-order valence-electron chi connectivity index (χ3n) is 4.28. The van der Waals surface area contributed by atoms with Crippen molar-refractivity contribution in [2.24, 2.45) is 0 Å². The Labute approximate surface area is 170 Å². The van der Waals surface area contributed by atoms with Crippen LogP contribution in [0.25, 0.3) is 0 Å². The number of carbonyl (C=O) groups is 1. The van der Waals surface area contributed by atoms with Gasteiger partial charge in [0.25, 0.3) is 5.91 Å². The van der Waals surface area contributed by atoms with Gasteiger partial charge in [-0.05, 0) is 37.6 Å². The van der Waals surface area contributed by atoms with E-state index in [9.17, 15) is 4.79 Å². The van der Waals surface area contributed by atoms with Gasteiger partial charge >= 0.3 is 0 Å². The molecule has 7 heteroatoms. The monoisotopic (exact) mass is 392 g/mol. The van der Waals surface area contributed by atoms with Crippen LogP contribution >= 0.6 is 0 Å². The summed E-state index contributed by atoms with van der Waals surface area (Å²) in [5.74, 6) is 1.31. The van der Waals surface area contributed by atoms with Crippen molar-refractivity contribution in [2.45, 2.75) is 20.4 Å². The molecule has 3 rings (SSSR count). The van der Waals surface area contributed by atoms with E-state index in [0.717, 1.165) is 11.1 Å². The van der Waals surface area contributed by atoms with Crippen LogP contribution in [0, 0.1) is 13.8 Å². The zero-order valence-electron chi connectivity index (χ0n) is 16.9. The zero-order chi connectivity index (χ0) is 20.8. The summed E-state index contributed by atoms with van der Waals surface area (Å²) in [6, 6.07) is 15.0. The minimum Gasteiger partial charge on any atom is -0.497 e. The van der Waals surface area contributed by atoms with Crippen LogP contribution in [0.5, 0.6) is 11.5 Å². The molecule has 0 atom stereocenters. The van der Waals surface area contributed by atoms with Gasteiger partial charge in [0.15, 0.2) is 0 Å². The Hall–Kier alpha value is -3.61. The summed E-state index contributed by atoms with van der Waals surface area (Å²) in [5, 5.41) is 6.01. The molecule has 1 aromatic heterocycles. The number of carbonyl (C=O) groups excluding carboxylic acids is 1. The quantitative estimate of drug-likeness (QED) is 0.636. The first-order valence-corrected chi connectivity index (χ1v) is 9.17. The highest BCUT2D eigenvalue weighted by atomic mass is 16.5. The van der Waals surface area contributed by atoms with Gasteiger partial charge in [-0.15, -0.1) is 0 Å². The molecule has 0 saturated carbocycles. The van der Waals surface area contributed by atoms with Crippen molar-refractivity contribution in [3.63, 3.8) is 0 Å². The van der Waals surface area contributed by atoms with Crippen LogP contribution in [0.2, 0.25) is 0 Å². The van der Waals surface area contributed by atoms with Crippen molar-refractivity contribution in [1.29, 1.82) is 0 Å². The summed E-state index contributed by atoms with van der Waals surface area (Å²) in [6.07, 6.45) is 0. The highest BCUT2D eigenvalue weighted by Gasteiger charge is 2.12. The van der Waals surface area contributed by atoms with Crippen LogP contribution in [0.4, 0.5) is 11.6 Å². The van der Waals surface area contributed by atoms with Gasteiger partial charge in [-0.25, -0.2) is 9.97 Å². The van der Waals surface area contributed by atoms with E-state index in [1.165, 1.54) is 0 Å². The molecular formula is C22H24N4O3. The number of hydrogen-bond acceptors (Lipinski definition) is 6. The number of anilines is 2. The lowest BCUT2D eigenvalue weighted by Crippen LogP contribution is -2.24. The number of nitrogens with one attached hydrogen (secondary N) is 2. The highest BCUT2D eigenvalue weighted by molar-refractivity contribution is 5.92. The van der Waals surface area contributed by atoms with Gasteiger partial charge in [0.1, 0.15) is 17.2 Å². The highest BCUT2D eigenvalue weighted by Crippen LogP contribution is 2.30. The van der Waals surface area contributed by atoms with E-state index >= 15 is 0 Å². The maximum Gasteiger partial charge on any atom is 0.270 e. The van der Waals surface area contributed by atoms with Gasteiger partial charge < -0.3 is 20.1 Å². The second kappa shape index (κ2) is 9.05. The van der Waals surface area contributed by atoms with Crippen LogP contribution < -0.4 is 20.1 Å². The molecule has 0 unspecified atom stereocenters. The third-order valence-corrected chi connectivity index (χ3v) is 4.28. The second-order valence-corrected chi connectivity index (χ2v) is 6.58. The fourth-order valence-electron chi connectivity index (χ4n) is 2.86. The van der Waals surface area contributed by atoms with Crippen LogP contribution in [0.15, 0.2) is 48.5 Å². The Kier molecular flexibility index (Phi) is 6.29. The summed E-state index contributed by atoms with van der Waals surface area (Å²) in [7, 11) is 3.16. The Morgan fingerprint density at radius 1 is 1.00 bits per heavy atom. The number of nitrogens with zero attached hydrogens (tertiary/aromatic N) is 2. The lowest BCUT2D eigenvalue weighted by Gasteiger charge is -2.13. The molecule has 0 fully saturated rings. The lowest BCUT2D eigenvalue weighted by atomic mass is 10.1.